The summed E-state index contributed by atoms with van der Waals surface area (Å²) in [5.41, 5.74) is 16.1. The Morgan fingerprint density at radius 2 is 0.938 bits per heavy atom. The molecule has 0 bridgehead atoms. The van der Waals surface area contributed by atoms with Gasteiger partial charge in [-0.15, -0.1) is 0 Å². The van der Waals surface area contributed by atoms with E-state index in [2.05, 4.69) is 234 Å². The number of aromatic nitrogens is 1. The average Bonchev–Trinajstić information content (AvgIpc) is 3.70. The molecule has 0 spiro atoms. The number of para-hydroxylation sites is 4. The fraction of sp³-hybridized carbons (Fsp3) is 0. The van der Waals surface area contributed by atoms with Gasteiger partial charge in [-0.3, -0.25) is 0 Å². The van der Waals surface area contributed by atoms with E-state index in [0.29, 0.717) is 0 Å². The summed E-state index contributed by atoms with van der Waals surface area (Å²) in [7, 11) is 0. The first-order chi connectivity index (χ1) is 31.7. The summed E-state index contributed by atoms with van der Waals surface area (Å²) >= 11 is 0. The van der Waals surface area contributed by atoms with Crippen LogP contribution in [0.5, 0.6) is 0 Å². The zero-order valence-corrected chi connectivity index (χ0v) is 35.1. The third-order valence-corrected chi connectivity index (χ3v) is 13.7. The molecule has 0 unspecified atom stereocenters. The Bertz CT molecular complexity index is 3750. The van der Waals surface area contributed by atoms with E-state index in [1.807, 2.05) is 12.2 Å². The fourth-order valence-corrected chi connectivity index (χ4v) is 11.0. The Hall–Kier alpha value is -8.34. The van der Waals surface area contributed by atoms with E-state index in [1.54, 1.807) is 0 Å². The molecule has 1 aromatic heterocycles. The highest BCUT2D eigenvalue weighted by molar-refractivity contribution is 6.85. The van der Waals surface area contributed by atoms with Gasteiger partial charge >= 0.3 is 6.98 Å². The Kier molecular flexibility index (Phi) is 8.00. The summed E-state index contributed by atoms with van der Waals surface area (Å²) in [5.74, 6) is 0. The molecule has 298 valence electrons. The first kappa shape index (κ1) is 36.3. The number of anilines is 3. The fourth-order valence-electron chi connectivity index (χ4n) is 11.0. The quantitative estimate of drug-likeness (QED) is 0.122. The first-order valence-corrected chi connectivity index (χ1v) is 22.0. The lowest BCUT2D eigenvalue weighted by atomic mass is 9.53. The Morgan fingerprint density at radius 3 is 1.64 bits per heavy atom. The van der Waals surface area contributed by atoms with Crippen LogP contribution in [0.1, 0.15) is 5.56 Å². The smallest absolute Gasteiger partial charge is 0.361 e. The molecular weight excluding hydrogens is 773 g/mol. The number of benzene rings is 10. The molecule has 10 aromatic carbocycles. The van der Waals surface area contributed by atoms with Crippen molar-refractivity contribution < 1.29 is 0 Å². The van der Waals surface area contributed by atoms with Crippen molar-refractivity contribution in [1.82, 2.24) is 4.57 Å². The van der Waals surface area contributed by atoms with Crippen LogP contribution >= 0.6 is 0 Å². The molecule has 0 atom stereocenters. The molecule has 3 nitrogen and oxygen atoms in total. The summed E-state index contributed by atoms with van der Waals surface area (Å²) < 4.78 is 2.38. The maximum Gasteiger partial charge on any atom is 0.421 e. The normalized spacial score (nSPS) is 13.3. The predicted octanol–water partition coefficient (Wildman–Crippen LogP) is 15.0. The highest BCUT2D eigenvalue weighted by atomic mass is 15.2. The predicted molar refractivity (Wildman–Crippen MR) is 274 cm³/mol. The minimum absolute atomic E-state index is 0.247. The second-order valence-electron chi connectivity index (χ2n) is 16.9. The standard InChI is InChI=1S/C60H40BN3/c1-3-44-54-36-40(39-31-34-58-53(35-39)50-27-15-17-29-57(50)62(58)41-19-7-5-8-20-41)37-55-51-28-16-18-30-59(51)64(61(60(54)55)63(56(44)4-2)42-21-9-6-10-22-42)43-32-33-49-47-25-12-11-23-45(47)46-24-13-14-26-48(46)52(49)38-43/h3-38H,1-2H2. The molecule has 2 aliphatic rings. The summed E-state index contributed by atoms with van der Waals surface area (Å²) in [6, 6.07) is 75.7. The average molecular weight is 814 g/mol. The van der Waals surface area contributed by atoms with Gasteiger partial charge in [0.25, 0.3) is 0 Å². The number of fused-ring (bicyclic) bond motifs is 11. The van der Waals surface area contributed by atoms with Crippen LogP contribution in [0.2, 0.25) is 0 Å². The van der Waals surface area contributed by atoms with Crippen molar-refractivity contribution in [2.45, 2.75) is 0 Å². The van der Waals surface area contributed by atoms with Gasteiger partial charge in [0.05, 0.1) is 11.0 Å². The largest absolute Gasteiger partial charge is 0.421 e. The number of hydrogen-bond donors (Lipinski definition) is 0. The summed E-state index contributed by atoms with van der Waals surface area (Å²) in [5, 5.41) is 10.0. The van der Waals surface area contributed by atoms with E-state index in [9.17, 15) is 0 Å². The van der Waals surface area contributed by atoms with E-state index in [4.69, 9.17) is 0 Å². The highest BCUT2D eigenvalue weighted by Crippen LogP contribution is 2.49. The van der Waals surface area contributed by atoms with Crippen LogP contribution < -0.4 is 15.1 Å². The maximum atomic E-state index is 4.49. The number of rotatable bonds is 6. The maximum absolute atomic E-state index is 4.49. The van der Waals surface area contributed by atoms with Crippen LogP contribution in [0.4, 0.5) is 17.1 Å². The van der Waals surface area contributed by atoms with Gasteiger partial charge in [-0.05, 0) is 139 Å². The molecule has 0 saturated carbocycles. The van der Waals surface area contributed by atoms with Crippen LogP contribution in [-0.2, 0) is 0 Å². The first-order valence-electron chi connectivity index (χ1n) is 22.0. The number of allylic oxidation sites excluding steroid dienone is 3. The van der Waals surface area contributed by atoms with Crippen LogP contribution in [0.25, 0.3) is 87.6 Å². The molecule has 0 radical (unpaired) electrons. The van der Waals surface area contributed by atoms with E-state index >= 15 is 0 Å². The highest BCUT2D eigenvalue weighted by Gasteiger charge is 2.47. The zero-order chi connectivity index (χ0) is 42.5. The van der Waals surface area contributed by atoms with Crippen molar-refractivity contribution in [2.24, 2.45) is 0 Å². The lowest BCUT2D eigenvalue weighted by Crippen LogP contribution is -2.63. The zero-order valence-electron chi connectivity index (χ0n) is 35.1. The van der Waals surface area contributed by atoms with Crippen LogP contribution in [0.3, 0.4) is 0 Å². The summed E-state index contributed by atoms with van der Waals surface area (Å²) in [6.45, 7) is 8.72. The van der Waals surface area contributed by atoms with Gasteiger partial charge in [0.15, 0.2) is 0 Å². The summed E-state index contributed by atoms with van der Waals surface area (Å²) in [4.78, 5) is 5.03. The van der Waals surface area contributed by atoms with Crippen molar-refractivity contribution >= 4 is 89.2 Å². The lowest BCUT2D eigenvalue weighted by Gasteiger charge is -2.48. The molecule has 0 amide bonds. The van der Waals surface area contributed by atoms with Crippen molar-refractivity contribution in [3.05, 3.63) is 243 Å². The van der Waals surface area contributed by atoms with Gasteiger partial charge in [-0.25, -0.2) is 0 Å². The molecule has 3 heterocycles. The van der Waals surface area contributed by atoms with Gasteiger partial charge in [0, 0.05) is 50.4 Å². The van der Waals surface area contributed by atoms with Crippen molar-refractivity contribution in [1.29, 1.82) is 0 Å². The van der Waals surface area contributed by atoms with Gasteiger partial charge in [-0.1, -0.05) is 153 Å². The monoisotopic (exact) mass is 813 g/mol. The third kappa shape index (κ3) is 5.17. The molecule has 13 rings (SSSR count). The van der Waals surface area contributed by atoms with E-state index in [0.717, 1.165) is 45.1 Å². The van der Waals surface area contributed by atoms with Crippen LogP contribution in [0.15, 0.2) is 237 Å². The van der Waals surface area contributed by atoms with Gasteiger partial charge in [0.1, 0.15) is 0 Å². The van der Waals surface area contributed by atoms with Gasteiger partial charge in [0.2, 0.25) is 0 Å². The molecule has 64 heavy (non-hydrogen) atoms. The van der Waals surface area contributed by atoms with Gasteiger partial charge < -0.3 is 14.2 Å². The number of hydrogen-bond acceptors (Lipinski definition) is 2. The molecule has 0 saturated heterocycles. The molecule has 0 N–H and O–H groups in total. The molecule has 4 heteroatoms. The van der Waals surface area contributed by atoms with Crippen LogP contribution in [-0.4, -0.2) is 11.5 Å². The minimum Gasteiger partial charge on any atom is -0.361 e. The Balaban J connectivity index is 1.09. The molecule has 0 aliphatic carbocycles. The summed E-state index contributed by atoms with van der Waals surface area (Å²) in [6.07, 6.45) is 4.04. The van der Waals surface area contributed by atoms with Crippen LogP contribution in [0, 0.1) is 0 Å². The van der Waals surface area contributed by atoms with E-state index in [-0.39, 0.29) is 6.98 Å². The Morgan fingerprint density at radius 1 is 0.359 bits per heavy atom. The Labute approximate surface area is 372 Å². The topological polar surface area (TPSA) is 11.4 Å². The van der Waals surface area contributed by atoms with Crippen molar-refractivity contribution in [3.63, 3.8) is 0 Å². The molecule has 0 fully saturated rings. The second kappa shape index (κ2) is 14.1. The molecule has 11 aromatic rings. The van der Waals surface area contributed by atoms with Crippen molar-refractivity contribution in [2.75, 3.05) is 9.62 Å². The lowest BCUT2D eigenvalue weighted by molar-refractivity contribution is 1.18. The second-order valence-corrected chi connectivity index (χ2v) is 16.9. The molecular formula is C60H40BN3. The number of nitrogens with zero attached hydrogens (tertiary/aromatic N) is 3. The van der Waals surface area contributed by atoms with Crippen molar-refractivity contribution in [3.8, 4) is 27.9 Å². The van der Waals surface area contributed by atoms with Gasteiger partial charge in [-0.2, -0.15) is 0 Å². The third-order valence-electron chi connectivity index (χ3n) is 13.7. The molecule has 2 aliphatic heterocycles. The SMILES string of the molecule is C=CC1=C(C=C)N(c2ccccc2)B2c3c1cc(-c1ccc4c(c1)c1ccccc1n4-c1ccccc1)cc3-c1ccccc1N2c1ccc2c3ccccc3c3ccccc3c2c1. The van der Waals surface area contributed by atoms with E-state index in [1.165, 1.54) is 76.3 Å². The van der Waals surface area contributed by atoms with E-state index < -0.39 is 0 Å². The minimum atomic E-state index is -0.247.